The number of pyridine rings is 1. The van der Waals surface area contributed by atoms with Crippen LogP contribution >= 0.6 is 0 Å². The highest BCUT2D eigenvalue weighted by Crippen LogP contribution is 2.26. The normalized spacial score (nSPS) is 13.0. The van der Waals surface area contributed by atoms with Gasteiger partial charge in [-0.25, -0.2) is 9.07 Å². The molecule has 0 saturated heterocycles. The van der Waals surface area contributed by atoms with Crippen LogP contribution in [0.4, 0.5) is 4.39 Å². The minimum absolute atomic E-state index is 0.0309. The van der Waals surface area contributed by atoms with Crippen molar-refractivity contribution in [3.63, 3.8) is 0 Å². The Kier molecular flexibility index (Phi) is 9.62. The van der Waals surface area contributed by atoms with Gasteiger partial charge in [-0.1, -0.05) is 19.6 Å². The van der Waals surface area contributed by atoms with Gasteiger partial charge in [-0.2, -0.15) is 5.10 Å². The zero-order valence-electron chi connectivity index (χ0n) is 20.9. The molecule has 2 aromatic heterocycles. The first-order chi connectivity index (χ1) is 17.8. The van der Waals surface area contributed by atoms with E-state index in [0.29, 0.717) is 39.4 Å². The van der Waals surface area contributed by atoms with Gasteiger partial charge in [0.25, 0.3) is 5.91 Å². The number of methoxy groups -OCH3 is 1. The first-order valence-corrected chi connectivity index (χ1v) is 13.0. The van der Waals surface area contributed by atoms with Gasteiger partial charge in [0, 0.05) is 29.3 Å². The van der Waals surface area contributed by atoms with Crippen LogP contribution < -0.4 is 5.32 Å². The second kappa shape index (κ2) is 12.9. The van der Waals surface area contributed by atoms with Crippen LogP contribution in [0.5, 0.6) is 0 Å². The average molecular weight is 525 g/mol. The lowest BCUT2D eigenvalue weighted by Gasteiger charge is -2.19. The Bertz CT molecular complexity index is 1330. The average Bonchev–Trinajstić information content (AvgIpc) is 3.34. The fourth-order valence-electron chi connectivity index (χ4n) is 3.76. The van der Waals surface area contributed by atoms with E-state index in [1.54, 1.807) is 54.4 Å². The van der Waals surface area contributed by atoms with E-state index in [0.717, 1.165) is 0 Å². The molecular weight excluding hydrogens is 495 g/mol. The number of esters is 1. The smallest absolute Gasteiger partial charge is 0.306 e. The minimum Gasteiger partial charge on any atom is -0.469 e. The zero-order valence-corrected chi connectivity index (χ0v) is 21.8. The van der Waals surface area contributed by atoms with Crippen molar-refractivity contribution in [2.45, 2.75) is 37.6 Å². The van der Waals surface area contributed by atoms with Crippen molar-refractivity contribution in [2.24, 2.45) is 0 Å². The maximum Gasteiger partial charge on any atom is 0.306 e. The van der Waals surface area contributed by atoms with E-state index in [1.165, 1.54) is 25.4 Å². The molecule has 2 unspecified atom stereocenters. The number of nitrogens with one attached hydrogen (secondary N) is 1. The topological polar surface area (TPSA) is 103 Å². The van der Waals surface area contributed by atoms with E-state index in [9.17, 15) is 18.2 Å². The van der Waals surface area contributed by atoms with E-state index >= 15 is 0 Å². The number of benzene rings is 1. The van der Waals surface area contributed by atoms with Crippen molar-refractivity contribution in [2.75, 3.05) is 12.9 Å². The molecule has 0 saturated carbocycles. The van der Waals surface area contributed by atoms with E-state index in [4.69, 9.17) is 0 Å². The van der Waals surface area contributed by atoms with Gasteiger partial charge >= 0.3 is 5.97 Å². The standard InChI is InChI=1S/C27H29FN4O4S/c1-5-22(23-17-30-32(25(23)7-3)20-10-8-19(28)9-11-20)27(34)31-24(6-2)18-14-21(16-29-15-18)37(35)13-12-26(33)36-4/h5,7-11,14-17,24H,3,6,12-13H2,1-2,4H3,(H,31,34)/b22-5+. The molecular formula is C27H29FN4O4S. The molecule has 3 aromatic rings. The summed E-state index contributed by atoms with van der Waals surface area (Å²) in [7, 11) is -0.157. The lowest BCUT2D eigenvalue weighted by molar-refractivity contribution is -0.140. The molecule has 1 amide bonds. The number of rotatable bonds is 11. The third-order valence-corrected chi connectivity index (χ3v) is 7.05. The van der Waals surface area contributed by atoms with Gasteiger partial charge in [0.05, 0.1) is 52.8 Å². The summed E-state index contributed by atoms with van der Waals surface area (Å²) in [6.45, 7) is 7.54. The van der Waals surface area contributed by atoms with E-state index in [2.05, 4.69) is 26.7 Å². The van der Waals surface area contributed by atoms with Crippen LogP contribution in [0.2, 0.25) is 0 Å². The quantitative estimate of drug-likeness (QED) is 0.295. The lowest BCUT2D eigenvalue weighted by Crippen LogP contribution is -2.29. The summed E-state index contributed by atoms with van der Waals surface area (Å²) >= 11 is 0. The molecule has 3 rings (SSSR count). The van der Waals surface area contributed by atoms with Crippen LogP contribution in [0.15, 0.2) is 66.5 Å². The van der Waals surface area contributed by atoms with Crippen molar-refractivity contribution in [3.05, 3.63) is 84.2 Å². The molecule has 10 heteroatoms. The van der Waals surface area contributed by atoms with E-state index in [-0.39, 0.29) is 23.9 Å². The van der Waals surface area contributed by atoms with Gasteiger partial charge in [-0.05, 0) is 55.3 Å². The fraction of sp³-hybridized carbons (Fsp3) is 0.259. The Morgan fingerprint density at radius 1 is 1.24 bits per heavy atom. The molecule has 0 fully saturated rings. The summed E-state index contributed by atoms with van der Waals surface area (Å²) in [5.74, 6) is -1.00. The second-order valence-electron chi connectivity index (χ2n) is 8.00. The minimum atomic E-state index is -1.44. The Morgan fingerprint density at radius 3 is 2.59 bits per heavy atom. The predicted molar refractivity (Wildman–Crippen MR) is 141 cm³/mol. The van der Waals surface area contributed by atoms with Crippen molar-refractivity contribution in [1.29, 1.82) is 0 Å². The number of hydrogen-bond donors (Lipinski definition) is 1. The summed E-state index contributed by atoms with van der Waals surface area (Å²) in [5.41, 5.74) is 2.89. The number of ether oxygens (including phenoxy) is 1. The summed E-state index contributed by atoms with van der Waals surface area (Å²) in [5, 5.41) is 7.41. The maximum absolute atomic E-state index is 13.4. The lowest BCUT2D eigenvalue weighted by atomic mass is 10.0. The first-order valence-electron chi connectivity index (χ1n) is 11.7. The van der Waals surface area contributed by atoms with Gasteiger partial charge in [-0.3, -0.25) is 18.8 Å². The van der Waals surface area contributed by atoms with E-state index < -0.39 is 22.8 Å². The molecule has 2 atom stereocenters. The van der Waals surface area contributed by atoms with Crippen molar-refractivity contribution < 1.29 is 22.9 Å². The second-order valence-corrected chi connectivity index (χ2v) is 9.57. The highest BCUT2D eigenvalue weighted by molar-refractivity contribution is 7.85. The van der Waals surface area contributed by atoms with Crippen LogP contribution in [0.1, 0.15) is 49.6 Å². The first kappa shape index (κ1) is 27.7. The van der Waals surface area contributed by atoms with Crippen molar-refractivity contribution in [3.8, 4) is 5.69 Å². The Labute approximate surface area is 217 Å². The van der Waals surface area contributed by atoms with Crippen LogP contribution in [0, 0.1) is 5.82 Å². The summed E-state index contributed by atoms with van der Waals surface area (Å²) in [6.07, 6.45) is 8.56. The molecule has 0 spiro atoms. The molecule has 0 radical (unpaired) electrons. The predicted octanol–water partition coefficient (Wildman–Crippen LogP) is 4.39. The third kappa shape index (κ3) is 6.65. The van der Waals surface area contributed by atoms with Gasteiger partial charge in [0.2, 0.25) is 0 Å². The number of nitrogens with zero attached hydrogens (tertiary/aromatic N) is 3. The summed E-state index contributed by atoms with van der Waals surface area (Å²) in [4.78, 5) is 29.4. The molecule has 0 bridgehead atoms. The molecule has 1 N–H and O–H groups in total. The molecule has 37 heavy (non-hydrogen) atoms. The number of carbonyl (C=O) groups excluding carboxylic acids is 2. The van der Waals surface area contributed by atoms with Gasteiger partial charge < -0.3 is 10.1 Å². The van der Waals surface area contributed by atoms with E-state index in [1.807, 2.05) is 6.92 Å². The molecule has 194 valence electrons. The molecule has 1 aromatic carbocycles. The Hall–Kier alpha value is -3.92. The summed E-state index contributed by atoms with van der Waals surface area (Å²) < 4.78 is 32.2. The highest BCUT2D eigenvalue weighted by atomic mass is 32.2. The molecule has 0 aliphatic rings. The maximum atomic E-state index is 13.4. The van der Waals surface area contributed by atoms with Gasteiger partial charge in [0.15, 0.2) is 0 Å². The number of allylic oxidation sites excluding steroid dienone is 1. The number of aromatic nitrogens is 3. The van der Waals surface area contributed by atoms with Crippen LogP contribution in [0.3, 0.4) is 0 Å². The van der Waals surface area contributed by atoms with Gasteiger partial charge in [0.1, 0.15) is 5.82 Å². The Balaban J connectivity index is 1.82. The number of carbonyl (C=O) groups is 2. The molecule has 0 aliphatic carbocycles. The van der Waals surface area contributed by atoms with Crippen molar-refractivity contribution >= 4 is 34.3 Å². The SMILES string of the molecule is C=Cc1c(/C(=C\C)C(=O)NC(CC)c2cncc(S(=O)CCC(=O)OC)c2)cnn1-c1ccc(F)cc1. The van der Waals surface area contributed by atoms with Crippen LogP contribution in [-0.4, -0.2) is 43.7 Å². The highest BCUT2D eigenvalue weighted by Gasteiger charge is 2.22. The number of hydrogen-bond acceptors (Lipinski definition) is 6. The zero-order chi connectivity index (χ0) is 26.9. The third-order valence-electron chi connectivity index (χ3n) is 5.73. The molecule has 2 heterocycles. The van der Waals surface area contributed by atoms with Gasteiger partial charge in [-0.15, -0.1) is 0 Å². The molecule has 8 nitrogen and oxygen atoms in total. The fourth-order valence-corrected chi connectivity index (χ4v) is 4.80. The van der Waals surface area contributed by atoms with Crippen LogP contribution in [-0.2, 0) is 25.1 Å². The molecule has 0 aliphatic heterocycles. The monoisotopic (exact) mass is 524 g/mol. The summed E-state index contributed by atoms with van der Waals surface area (Å²) in [6, 6.07) is 7.19. The Morgan fingerprint density at radius 2 is 1.97 bits per heavy atom. The largest absolute Gasteiger partial charge is 0.469 e. The number of halogens is 1. The van der Waals surface area contributed by atoms with Crippen LogP contribution in [0.25, 0.3) is 17.3 Å². The number of amides is 1. The van der Waals surface area contributed by atoms with Crippen molar-refractivity contribution in [1.82, 2.24) is 20.1 Å².